The van der Waals surface area contributed by atoms with Gasteiger partial charge in [-0.3, -0.25) is 14.4 Å². The Kier molecular flexibility index (Phi) is 8.16. The van der Waals surface area contributed by atoms with E-state index >= 15 is 0 Å². The van der Waals surface area contributed by atoms with Gasteiger partial charge in [-0.25, -0.2) is 15.0 Å². The van der Waals surface area contributed by atoms with Gasteiger partial charge in [-0.2, -0.15) is 0 Å². The Hall–Kier alpha value is -4.28. The van der Waals surface area contributed by atoms with Crippen molar-refractivity contribution in [1.82, 2.24) is 19.9 Å². The van der Waals surface area contributed by atoms with E-state index < -0.39 is 0 Å². The van der Waals surface area contributed by atoms with Crippen LogP contribution in [0, 0.1) is 6.92 Å². The summed E-state index contributed by atoms with van der Waals surface area (Å²) in [6.45, 7) is 6.45. The van der Waals surface area contributed by atoms with Gasteiger partial charge < -0.3 is 24.4 Å². The van der Waals surface area contributed by atoms with Gasteiger partial charge in [-0.05, 0) is 57.2 Å². The van der Waals surface area contributed by atoms with Crippen molar-refractivity contribution in [3.05, 3.63) is 59.7 Å². The quantitative estimate of drug-likeness (QED) is 0.266. The van der Waals surface area contributed by atoms with Crippen molar-refractivity contribution in [3.63, 3.8) is 0 Å². The van der Waals surface area contributed by atoms with Gasteiger partial charge in [0.25, 0.3) is 5.91 Å². The number of carbonyl (C=O) groups excluding carboxylic acids is 3. The molecule has 0 radical (unpaired) electrons. The number of hydrogen-bond donors (Lipinski definition) is 1. The van der Waals surface area contributed by atoms with Crippen LogP contribution in [0.4, 0.5) is 17.2 Å². The molecule has 1 aromatic carbocycles. The number of hydrogen-bond acceptors (Lipinski definition) is 9. The van der Waals surface area contributed by atoms with E-state index in [9.17, 15) is 14.4 Å². The number of amides is 2. The zero-order valence-corrected chi connectivity index (χ0v) is 24.1. The first-order valence-corrected chi connectivity index (χ1v) is 14.9. The molecular formula is C31H37N7O4. The molecule has 1 N–H and O–H groups in total. The molecule has 4 heterocycles. The Morgan fingerprint density at radius 3 is 2.57 bits per heavy atom. The number of carbonyl (C=O) groups is 3. The Morgan fingerprint density at radius 1 is 1.02 bits per heavy atom. The average molecular weight is 572 g/mol. The molecule has 0 unspecified atom stereocenters. The van der Waals surface area contributed by atoms with E-state index in [1.54, 1.807) is 12.4 Å². The van der Waals surface area contributed by atoms with Crippen LogP contribution in [0.3, 0.4) is 0 Å². The molecule has 2 aromatic heterocycles. The van der Waals surface area contributed by atoms with Crippen molar-refractivity contribution >= 4 is 34.8 Å². The molecule has 3 aromatic rings. The van der Waals surface area contributed by atoms with E-state index in [1.165, 1.54) is 6.26 Å². The molecular weight excluding hydrogens is 534 g/mol. The maximum atomic E-state index is 13.2. The van der Waals surface area contributed by atoms with Crippen LogP contribution in [-0.4, -0.2) is 76.7 Å². The Bertz CT molecular complexity index is 1460. The van der Waals surface area contributed by atoms with Crippen molar-refractivity contribution in [1.29, 1.82) is 0 Å². The van der Waals surface area contributed by atoms with Crippen LogP contribution < -0.4 is 15.1 Å². The first-order valence-electron chi connectivity index (χ1n) is 14.9. The molecule has 6 rings (SSSR count). The summed E-state index contributed by atoms with van der Waals surface area (Å²) in [5, 5.41) is 3.02. The van der Waals surface area contributed by atoms with E-state index in [0.717, 1.165) is 75.6 Å². The lowest BCUT2D eigenvalue weighted by Crippen LogP contribution is -2.47. The lowest BCUT2D eigenvalue weighted by molar-refractivity contribution is -0.127. The van der Waals surface area contributed by atoms with E-state index in [4.69, 9.17) is 4.42 Å². The van der Waals surface area contributed by atoms with Gasteiger partial charge in [0.1, 0.15) is 18.4 Å². The summed E-state index contributed by atoms with van der Waals surface area (Å²) in [6, 6.07) is 7.54. The molecule has 42 heavy (non-hydrogen) atoms. The van der Waals surface area contributed by atoms with Crippen LogP contribution in [-0.2, 0) is 4.79 Å². The molecule has 2 saturated heterocycles. The third-order valence-corrected chi connectivity index (χ3v) is 8.23. The number of oxazole rings is 1. The zero-order chi connectivity index (χ0) is 29.1. The normalized spacial score (nSPS) is 17.2. The number of ketones is 1. The molecule has 0 bridgehead atoms. The van der Waals surface area contributed by atoms with Crippen LogP contribution in [0.5, 0.6) is 0 Å². The highest BCUT2D eigenvalue weighted by atomic mass is 16.3. The summed E-state index contributed by atoms with van der Waals surface area (Å²) in [5.74, 6) is 1.69. The van der Waals surface area contributed by atoms with Gasteiger partial charge in [0.15, 0.2) is 17.4 Å². The Labute approximate surface area is 245 Å². The fraction of sp³-hybridized carbons (Fsp3) is 0.484. The van der Waals surface area contributed by atoms with E-state index in [-0.39, 0.29) is 23.3 Å². The number of piperazine rings is 1. The van der Waals surface area contributed by atoms with Crippen molar-refractivity contribution in [2.75, 3.05) is 54.4 Å². The number of anilines is 3. The monoisotopic (exact) mass is 571 g/mol. The fourth-order valence-electron chi connectivity index (χ4n) is 5.64. The molecule has 0 spiro atoms. The lowest BCUT2D eigenvalue weighted by Gasteiger charge is -2.37. The Balaban J connectivity index is 1.15. The third-order valence-electron chi connectivity index (χ3n) is 8.23. The topological polar surface area (TPSA) is 125 Å². The van der Waals surface area contributed by atoms with E-state index in [2.05, 4.69) is 30.1 Å². The SMILES string of the molecule is Cc1cc(N2CCN(c3ccc(C(=O)CCCCN4CCCC4=O)cc3NC(=O)c3coc(C4CC4)n3)CC2)ncn1. The van der Waals surface area contributed by atoms with Crippen LogP contribution in [0.1, 0.15) is 83.3 Å². The minimum absolute atomic E-state index is 0.0196. The van der Waals surface area contributed by atoms with Crippen molar-refractivity contribution < 1.29 is 18.8 Å². The minimum atomic E-state index is -0.359. The van der Waals surface area contributed by atoms with Crippen molar-refractivity contribution in [3.8, 4) is 0 Å². The third kappa shape index (κ3) is 6.45. The van der Waals surface area contributed by atoms with Gasteiger partial charge in [-0.1, -0.05) is 0 Å². The molecule has 11 heteroatoms. The summed E-state index contributed by atoms with van der Waals surface area (Å²) in [6.07, 6.45) is 8.51. The minimum Gasteiger partial charge on any atom is -0.448 e. The summed E-state index contributed by atoms with van der Waals surface area (Å²) in [7, 11) is 0. The van der Waals surface area contributed by atoms with Gasteiger partial charge in [0.05, 0.1) is 11.4 Å². The molecule has 2 aliphatic heterocycles. The predicted molar refractivity (Wildman–Crippen MR) is 158 cm³/mol. The Morgan fingerprint density at radius 2 is 1.83 bits per heavy atom. The summed E-state index contributed by atoms with van der Waals surface area (Å²) in [4.78, 5) is 57.6. The first-order chi connectivity index (χ1) is 20.4. The van der Waals surface area contributed by atoms with Gasteiger partial charge >= 0.3 is 0 Å². The number of nitrogens with zero attached hydrogens (tertiary/aromatic N) is 6. The molecule has 0 atom stereocenters. The van der Waals surface area contributed by atoms with Gasteiger partial charge in [0, 0.05) is 75.4 Å². The molecule has 3 fully saturated rings. The van der Waals surface area contributed by atoms with Crippen molar-refractivity contribution in [2.45, 2.75) is 57.8 Å². The lowest BCUT2D eigenvalue weighted by atomic mass is 10.0. The smallest absolute Gasteiger partial charge is 0.277 e. The molecule has 2 amide bonds. The average Bonchev–Trinajstić information content (AvgIpc) is 3.58. The number of rotatable bonds is 11. The number of Topliss-reactive ketones (excluding diaryl/α,β-unsaturated/α-hetero) is 1. The standard InChI is InChI=1S/C31H37N7O4/c1-21-17-28(33-20-32-21)37-15-13-36(14-16-37)26-10-9-23(27(39)5-2-3-11-38-12-4-6-29(38)40)18-24(26)34-30(41)25-19-42-31(35-25)22-7-8-22/h9-10,17-20,22H,2-8,11-16H2,1H3,(H,34,41). The maximum absolute atomic E-state index is 13.2. The highest BCUT2D eigenvalue weighted by Crippen LogP contribution is 2.39. The number of likely N-dealkylation sites (tertiary alicyclic amines) is 1. The summed E-state index contributed by atoms with van der Waals surface area (Å²) in [5.41, 5.74) is 3.16. The van der Waals surface area contributed by atoms with E-state index in [1.807, 2.05) is 30.0 Å². The number of aromatic nitrogens is 3. The second-order valence-corrected chi connectivity index (χ2v) is 11.4. The van der Waals surface area contributed by atoms with Crippen molar-refractivity contribution in [2.24, 2.45) is 0 Å². The van der Waals surface area contributed by atoms with Crippen LogP contribution >= 0.6 is 0 Å². The maximum Gasteiger partial charge on any atom is 0.277 e. The summed E-state index contributed by atoms with van der Waals surface area (Å²) >= 11 is 0. The van der Waals surface area contributed by atoms with E-state index in [0.29, 0.717) is 48.9 Å². The molecule has 1 saturated carbocycles. The number of benzene rings is 1. The predicted octanol–water partition coefficient (Wildman–Crippen LogP) is 4.20. The van der Waals surface area contributed by atoms with Crippen LogP contribution in [0.2, 0.25) is 0 Å². The second kappa shape index (κ2) is 12.3. The zero-order valence-electron chi connectivity index (χ0n) is 24.1. The first kappa shape index (κ1) is 27.9. The second-order valence-electron chi connectivity index (χ2n) is 11.4. The highest BCUT2D eigenvalue weighted by Gasteiger charge is 2.30. The molecule has 220 valence electrons. The fourth-order valence-corrected chi connectivity index (χ4v) is 5.64. The highest BCUT2D eigenvalue weighted by molar-refractivity contribution is 6.06. The largest absolute Gasteiger partial charge is 0.448 e. The van der Waals surface area contributed by atoms with Gasteiger partial charge in [-0.15, -0.1) is 0 Å². The van der Waals surface area contributed by atoms with Gasteiger partial charge in [0.2, 0.25) is 5.91 Å². The number of unbranched alkanes of at least 4 members (excludes halogenated alkanes) is 1. The summed E-state index contributed by atoms with van der Waals surface area (Å²) < 4.78 is 5.54. The van der Waals surface area contributed by atoms with Crippen LogP contribution in [0.25, 0.3) is 0 Å². The molecule has 11 nitrogen and oxygen atoms in total. The van der Waals surface area contributed by atoms with Crippen LogP contribution in [0.15, 0.2) is 41.3 Å². The number of nitrogens with one attached hydrogen (secondary N) is 1. The number of aryl methyl sites for hydroxylation is 1. The molecule has 3 aliphatic rings. The molecule has 1 aliphatic carbocycles.